The third-order valence-electron chi connectivity index (χ3n) is 4.76. The van der Waals surface area contributed by atoms with Gasteiger partial charge in [0, 0.05) is 39.0 Å². The van der Waals surface area contributed by atoms with Crippen LogP contribution in [0.15, 0.2) is 12.1 Å². The maximum Gasteiger partial charge on any atom is 0.223 e. The number of rotatable bonds is 4. The van der Waals surface area contributed by atoms with E-state index >= 15 is 0 Å². The third kappa shape index (κ3) is 2.87. The van der Waals surface area contributed by atoms with E-state index in [0.717, 1.165) is 56.3 Å². The van der Waals surface area contributed by atoms with E-state index in [1.807, 2.05) is 17.0 Å². The number of hydrogen-bond donors (Lipinski definition) is 0. The second-order valence-electron chi connectivity index (χ2n) is 6.36. The number of amides is 1. The highest BCUT2D eigenvalue weighted by atomic mass is 16.2. The Kier molecular flexibility index (Phi) is 3.85. The summed E-state index contributed by atoms with van der Waals surface area (Å²) in [5.74, 6) is 1.96. The Morgan fingerprint density at radius 3 is 2.52 bits per heavy atom. The second kappa shape index (κ2) is 6.14. The van der Waals surface area contributed by atoms with Gasteiger partial charge in [-0.1, -0.05) is 0 Å². The van der Waals surface area contributed by atoms with Crippen LogP contribution in [-0.2, 0) is 11.2 Å². The monoisotopic (exact) mass is 314 g/mol. The lowest BCUT2D eigenvalue weighted by molar-refractivity contribution is -0.130. The van der Waals surface area contributed by atoms with Gasteiger partial charge < -0.3 is 9.80 Å². The van der Waals surface area contributed by atoms with Crippen molar-refractivity contribution in [2.24, 2.45) is 0 Å². The number of carbonyl (C=O) groups excluding carboxylic acids is 1. The number of anilines is 1. The van der Waals surface area contributed by atoms with Gasteiger partial charge in [-0.15, -0.1) is 15.3 Å². The molecule has 2 aliphatic heterocycles. The van der Waals surface area contributed by atoms with Crippen LogP contribution in [0.4, 0.5) is 5.82 Å². The lowest BCUT2D eigenvalue weighted by Crippen LogP contribution is -2.28. The number of carbonyl (C=O) groups is 1. The number of hydrogen-bond acceptors (Lipinski definition) is 5. The third-order valence-corrected chi connectivity index (χ3v) is 4.76. The van der Waals surface area contributed by atoms with E-state index in [9.17, 15) is 4.79 Å². The highest BCUT2D eigenvalue weighted by Gasteiger charge is 2.19. The molecule has 1 amide bonds. The molecule has 0 atom stereocenters. The Morgan fingerprint density at radius 1 is 1.00 bits per heavy atom. The normalized spacial score (nSPS) is 18.3. The molecule has 0 radical (unpaired) electrons. The number of fused-ring (bicyclic) bond motifs is 1. The van der Waals surface area contributed by atoms with Crippen LogP contribution >= 0.6 is 0 Å². The summed E-state index contributed by atoms with van der Waals surface area (Å²) in [5.41, 5.74) is 0.747. The Morgan fingerprint density at radius 2 is 1.74 bits per heavy atom. The fourth-order valence-electron chi connectivity index (χ4n) is 3.44. The Balaban J connectivity index is 1.50. The molecule has 2 aromatic heterocycles. The van der Waals surface area contributed by atoms with Crippen LogP contribution in [0.2, 0.25) is 0 Å². The number of aryl methyl sites for hydroxylation is 1. The molecule has 2 aliphatic rings. The van der Waals surface area contributed by atoms with Crippen molar-refractivity contribution >= 4 is 17.4 Å². The summed E-state index contributed by atoms with van der Waals surface area (Å²) in [5, 5.41) is 13.1. The molecule has 7 nitrogen and oxygen atoms in total. The summed E-state index contributed by atoms with van der Waals surface area (Å²) in [6.07, 6.45) is 5.77. The first kappa shape index (κ1) is 14.4. The van der Waals surface area contributed by atoms with Crippen molar-refractivity contribution in [2.75, 3.05) is 31.1 Å². The zero-order chi connectivity index (χ0) is 15.6. The quantitative estimate of drug-likeness (QED) is 0.850. The summed E-state index contributed by atoms with van der Waals surface area (Å²) in [6, 6.07) is 3.97. The Bertz CT molecular complexity index is 700. The van der Waals surface area contributed by atoms with Crippen LogP contribution in [0, 0.1) is 0 Å². The highest BCUT2D eigenvalue weighted by Crippen LogP contribution is 2.18. The zero-order valence-corrected chi connectivity index (χ0v) is 13.3. The minimum atomic E-state index is 0.218. The van der Waals surface area contributed by atoms with Gasteiger partial charge in [0.15, 0.2) is 11.5 Å². The largest absolute Gasteiger partial charge is 0.355 e. The predicted molar refractivity (Wildman–Crippen MR) is 86.4 cm³/mol. The molecule has 23 heavy (non-hydrogen) atoms. The minimum absolute atomic E-state index is 0.218. The second-order valence-corrected chi connectivity index (χ2v) is 6.36. The van der Waals surface area contributed by atoms with E-state index < -0.39 is 0 Å². The molecule has 0 N–H and O–H groups in total. The van der Waals surface area contributed by atoms with Crippen molar-refractivity contribution in [3.05, 3.63) is 18.0 Å². The summed E-state index contributed by atoms with van der Waals surface area (Å²) in [6.45, 7) is 3.92. The van der Waals surface area contributed by atoms with Crippen molar-refractivity contribution in [3.8, 4) is 0 Å². The molecule has 122 valence electrons. The molecule has 2 aromatic rings. The van der Waals surface area contributed by atoms with Crippen LogP contribution in [0.3, 0.4) is 0 Å². The maximum atomic E-state index is 12.2. The predicted octanol–water partition coefficient (Wildman–Crippen LogP) is 1.28. The van der Waals surface area contributed by atoms with Crippen LogP contribution in [0.1, 0.15) is 37.9 Å². The van der Waals surface area contributed by atoms with Gasteiger partial charge in [0.05, 0.1) is 0 Å². The van der Waals surface area contributed by atoms with Crippen LogP contribution < -0.4 is 4.90 Å². The number of likely N-dealkylation sites (tertiary alicyclic amines) is 1. The summed E-state index contributed by atoms with van der Waals surface area (Å²) in [4.78, 5) is 16.4. The van der Waals surface area contributed by atoms with E-state index in [-0.39, 0.29) is 5.91 Å². The molecule has 2 saturated heterocycles. The van der Waals surface area contributed by atoms with Gasteiger partial charge in [-0.25, -0.2) is 0 Å². The van der Waals surface area contributed by atoms with E-state index in [1.54, 1.807) is 4.52 Å². The van der Waals surface area contributed by atoms with Crippen molar-refractivity contribution in [3.63, 3.8) is 0 Å². The van der Waals surface area contributed by atoms with E-state index in [1.165, 1.54) is 12.8 Å². The molecule has 4 rings (SSSR count). The summed E-state index contributed by atoms with van der Waals surface area (Å²) >= 11 is 0. The van der Waals surface area contributed by atoms with E-state index in [4.69, 9.17) is 0 Å². The molecule has 0 spiro atoms. The molecular weight excluding hydrogens is 292 g/mol. The molecular formula is C16H22N6O. The molecule has 7 heteroatoms. The van der Waals surface area contributed by atoms with Crippen molar-refractivity contribution in [2.45, 2.75) is 38.5 Å². The molecule has 0 unspecified atom stereocenters. The fraction of sp³-hybridized carbons (Fsp3) is 0.625. The number of nitrogens with zero attached hydrogens (tertiary/aromatic N) is 6. The molecule has 4 heterocycles. The van der Waals surface area contributed by atoms with Crippen molar-refractivity contribution in [1.29, 1.82) is 0 Å². The van der Waals surface area contributed by atoms with Crippen molar-refractivity contribution in [1.82, 2.24) is 24.7 Å². The average Bonchev–Trinajstić information content (AvgIpc) is 3.33. The molecule has 0 aliphatic carbocycles. The summed E-state index contributed by atoms with van der Waals surface area (Å²) in [7, 11) is 0. The lowest BCUT2D eigenvalue weighted by atomic mass is 10.2. The molecule has 0 aromatic carbocycles. The van der Waals surface area contributed by atoms with Crippen LogP contribution in [-0.4, -0.2) is 56.8 Å². The van der Waals surface area contributed by atoms with Crippen molar-refractivity contribution < 1.29 is 4.79 Å². The zero-order valence-electron chi connectivity index (χ0n) is 13.3. The van der Waals surface area contributed by atoms with Crippen LogP contribution in [0.5, 0.6) is 0 Å². The van der Waals surface area contributed by atoms with Gasteiger partial charge in [0.1, 0.15) is 5.82 Å². The Labute approximate surface area is 135 Å². The van der Waals surface area contributed by atoms with E-state index in [2.05, 4.69) is 20.2 Å². The van der Waals surface area contributed by atoms with Crippen LogP contribution in [0.25, 0.3) is 5.65 Å². The Hall–Kier alpha value is -2.18. The molecule has 2 fully saturated rings. The van der Waals surface area contributed by atoms with Gasteiger partial charge >= 0.3 is 0 Å². The topological polar surface area (TPSA) is 66.6 Å². The minimum Gasteiger partial charge on any atom is -0.355 e. The fourth-order valence-corrected chi connectivity index (χ4v) is 3.44. The summed E-state index contributed by atoms with van der Waals surface area (Å²) < 4.78 is 1.80. The standard InChI is InChI=1S/C16H22N6O/c23-16(21-11-3-4-12-21)8-7-14-18-17-13-5-6-15(19-22(13)14)20-9-1-2-10-20/h5-6H,1-4,7-12H2. The SMILES string of the molecule is O=C(CCc1nnc2ccc(N3CCCC3)nn12)N1CCCC1. The van der Waals surface area contributed by atoms with Gasteiger partial charge in [-0.2, -0.15) is 4.52 Å². The average molecular weight is 314 g/mol. The molecule has 0 bridgehead atoms. The highest BCUT2D eigenvalue weighted by molar-refractivity contribution is 5.76. The first-order valence-corrected chi connectivity index (χ1v) is 8.55. The van der Waals surface area contributed by atoms with Gasteiger partial charge in [-0.05, 0) is 37.8 Å². The van der Waals surface area contributed by atoms with E-state index in [0.29, 0.717) is 12.8 Å². The number of aromatic nitrogens is 4. The lowest BCUT2D eigenvalue weighted by Gasteiger charge is -2.16. The van der Waals surface area contributed by atoms with Gasteiger partial charge in [0.25, 0.3) is 0 Å². The maximum absolute atomic E-state index is 12.2. The molecule has 0 saturated carbocycles. The van der Waals surface area contributed by atoms with Gasteiger partial charge in [-0.3, -0.25) is 4.79 Å². The first-order chi connectivity index (χ1) is 11.3. The first-order valence-electron chi connectivity index (χ1n) is 8.55. The van der Waals surface area contributed by atoms with Gasteiger partial charge in [0.2, 0.25) is 5.91 Å². The smallest absolute Gasteiger partial charge is 0.223 e.